The molecule has 0 amide bonds. The van der Waals surface area contributed by atoms with Crippen LogP contribution in [0.25, 0.3) is 0 Å². The topological polar surface area (TPSA) is 20.2 Å². The molecule has 24 heavy (non-hydrogen) atoms. The number of hydrogen-bond acceptors (Lipinski definition) is 2. The fourth-order valence-corrected chi connectivity index (χ4v) is 3.56. The summed E-state index contributed by atoms with van der Waals surface area (Å²) in [5, 5.41) is 9.42. The molecule has 0 fully saturated rings. The van der Waals surface area contributed by atoms with Gasteiger partial charge in [0, 0.05) is 5.75 Å². The van der Waals surface area contributed by atoms with Crippen molar-refractivity contribution in [3.05, 3.63) is 0 Å². The number of thiol groups is 1. The van der Waals surface area contributed by atoms with E-state index in [9.17, 15) is 5.11 Å². The molecule has 1 nitrogen and oxygen atoms in total. The summed E-state index contributed by atoms with van der Waals surface area (Å²) < 4.78 is 0. The second-order valence-electron chi connectivity index (χ2n) is 7.64. The fraction of sp³-hybridized carbons (Fsp3) is 1.00. The maximum absolute atomic E-state index is 9.42. The van der Waals surface area contributed by atoms with E-state index in [1.807, 2.05) is 0 Å². The molecule has 0 aliphatic carbocycles. The Morgan fingerprint density at radius 3 is 1.12 bits per heavy atom. The van der Waals surface area contributed by atoms with Crippen molar-refractivity contribution < 1.29 is 5.11 Å². The Bertz CT molecular complexity index is 220. The zero-order chi connectivity index (χ0) is 17.7. The molecule has 0 radical (unpaired) electrons. The lowest BCUT2D eigenvalue weighted by molar-refractivity contribution is 0.185. The second kappa shape index (κ2) is 21.4. The fourth-order valence-electron chi connectivity index (χ4n) is 3.37. The molecule has 0 aliphatic rings. The van der Waals surface area contributed by atoms with Crippen LogP contribution in [0.5, 0.6) is 0 Å². The Kier molecular flexibility index (Phi) is 21.6. The quantitative estimate of drug-likeness (QED) is 0.169. The highest BCUT2D eigenvalue weighted by Gasteiger charge is 2.00. The van der Waals surface area contributed by atoms with Crippen molar-refractivity contribution in [1.29, 1.82) is 0 Å². The van der Waals surface area contributed by atoms with Crippen LogP contribution in [0.15, 0.2) is 0 Å². The van der Waals surface area contributed by atoms with Gasteiger partial charge in [-0.1, -0.05) is 122 Å². The van der Waals surface area contributed by atoms with Gasteiger partial charge in [-0.2, -0.15) is 12.6 Å². The minimum Gasteiger partial charge on any atom is -0.392 e. The van der Waals surface area contributed by atoms with Gasteiger partial charge in [0.25, 0.3) is 0 Å². The summed E-state index contributed by atoms with van der Waals surface area (Å²) in [7, 11) is 0. The Morgan fingerprint density at radius 2 is 0.833 bits per heavy atom. The molecule has 0 saturated carbocycles. The van der Waals surface area contributed by atoms with Gasteiger partial charge in [0.2, 0.25) is 0 Å². The van der Waals surface area contributed by atoms with Gasteiger partial charge in [-0.15, -0.1) is 0 Å². The predicted molar refractivity (Wildman–Crippen MR) is 113 cm³/mol. The van der Waals surface area contributed by atoms with Crippen LogP contribution in [-0.4, -0.2) is 17.0 Å². The Morgan fingerprint density at radius 1 is 0.542 bits per heavy atom. The van der Waals surface area contributed by atoms with Gasteiger partial charge in [0.1, 0.15) is 0 Å². The molecule has 146 valence electrons. The van der Waals surface area contributed by atoms with Gasteiger partial charge in [-0.25, -0.2) is 0 Å². The number of aliphatic hydroxyl groups is 1. The monoisotopic (exact) mass is 358 g/mol. The maximum Gasteiger partial charge on any atom is 0.0628 e. The van der Waals surface area contributed by atoms with Crippen molar-refractivity contribution in [3.8, 4) is 0 Å². The maximum atomic E-state index is 9.42. The lowest BCUT2D eigenvalue weighted by Crippen LogP contribution is -2.07. The van der Waals surface area contributed by atoms with Crippen molar-refractivity contribution in [2.24, 2.45) is 0 Å². The van der Waals surface area contributed by atoms with Crippen LogP contribution in [0.2, 0.25) is 0 Å². The zero-order valence-corrected chi connectivity index (χ0v) is 17.5. The molecule has 0 aliphatic heterocycles. The molecule has 0 spiro atoms. The third kappa shape index (κ3) is 20.4. The van der Waals surface area contributed by atoms with E-state index in [0.717, 1.165) is 6.42 Å². The van der Waals surface area contributed by atoms with Crippen LogP contribution in [0, 0.1) is 0 Å². The summed E-state index contributed by atoms with van der Waals surface area (Å²) in [6.45, 7) is 2.29. The van der Waals surface area contributed by atoms with Gasteiger partial charge in [0.05, 0.1) is 6.10 Å². The van der Waals surface area contributed by atoms with E-state index in [2.05, 4.69) is 19.6 Å². The molecule has 0 heterocycles. The molecule has 0 saturated heterocycles. The standard InChI is InChI=1S/C22H46OS/c1-2-3-4-5-6-7-8-9-10-11-12-13-14-15-16-17-18-19-20-22(23)21-24/h22-24H,2-21H2,1H3. The average Bonchev–Trinajstić information content (AvgIpc) is 2.60. The van der Waals surface area contributed by atoms with E-state index in [0.29, 0.717) is 5.75 Å². The third-order valence-electron chi connectivity index (χ3n) is 5.10. The lowest BCUT2D eigenvalue weighted by atomic mass is 10.0. The molecule has 0 aromatic carbocycles. The molecule has 0 rings (SSSR count). The van der Waals surface area contributed by atoms with Crippen molar-refractivity contribution in [2.75, 3.05) is 5.75 Å². The van der Waals surface area contributed by atoms with Crippen molar-refractivity contribution in [2.45, 2.75) is 135 Å². The summed E-state index contributed by atoms with van der Waals surface area (Å²) in [4.78, 5) is 0. The summed E-state index contributed by atoms with van der Waals surface area (Å²) in [6, 6.07) is 0. The summed E-state index contributed by atoms with van der Waals surface area (Å²) in [5.41, 5.74) is 0. The summed E-state index contributed by atoms with van der Waals surface area (Å²) in [6.07, 6.45) is 26.1. The molecular formula is C22H46OS. The van der Waals surface area contributed by atoms with E-state index in [1.165, 1.54) is 116 Å². The Labute approximate surface area is 158 Å². The molecule has 1 N–H and O–H groups in total. The minimum atomic E-state index is -0.186. The van der Waals surface area contributed by atoms with Gasteiger partial charge < -0.3 is 5.11 Å². The SMILES string of the molecule is CCCCCCCCCCCCCCCCCCCCC(O)CS. The first kappa shape index (κ1) is 24.3. The highest BCUT2D eigenvalue weighted by Crippen LogP contribution is 2.14. The Hall–Kier alpha value is 0.310. The highest BCUT2D eigenvalue weighted by molar-refractivity contribution is 7.80. The van der Waals surface area contributed by atoms with Gasteiger partial charge in [-0.05, 0) is 6.42 Å². The van der Waals surface area contributed by atoms with Crippen LogP contribution >= 0.6 is 12.6 Å². The first-order valence-corrected chi connectivity index (χ1v) is 11.7. The van der Waals surface area contributed by atoms with Crippen molar-refractivity contribution in [3.63, 3.8) is 0 Å². The van der Waals surface area contributed by atoms with Crippen LogP contribution in [0.4, 0.5) is 0 Å². The number of rotatable bonds is 20. The third-order valence-corrected chi connectivity index (χ3v) is 5.52. The molecule has 0 aromatic heterocycles. The van der Waals surface area contributed by atoms with Gasteiger partial charge >= 0.3 is 0 Å². The first-order chi connectivity index (χ1) is 11.8. The molecule has 0 aromatic rings. The van der Waals surface area contributed by atoms with Crippen LogP contribution in [0.1, 0.15) is 129 Å². The molecule has 2 heteroatoms. The van der Waals surface area contributed by atoms with E-state index < -0.39 is 0 Å². The Balaban J connectivity index is 2.98. The average molecular weight is 359 g/mol. The number of unbranched alkanes of at least 4 members (excludes halogenated alkanes) is 17. The molecule has 0 bridgehead atoms. The first-order valence-electron chi connectivity index (χ1n) is 11.1. The predicted octanol–water partition coefficient (Wildman–Crippen LogP) is 7.71. The lowest BCUT2D eigenvalue weighted by Gasteiger charge is -2.06. The number of aliphatic hydroxyl groups excluding tert-OH is 1. The highest BCUT2D eigenvalue weighted by atomic mass is 32.1. The normalized spacial score (nSPS) is 12.6. The van der Waals surface area contributed by atoms with Crippen LogP contribution in [-0.2, 0) is 0 Å². The molecular weight excluding hydrogens is 312 g/mol. The van der Waals surface area contributed by atoms with E-state index in [-0.39, 0.29) is 6.10 Å². The van der Waals surface area contributed by atoms with Crippen molar-refractivity contribution in [1.82, 2.24) is 0 Å². The summed E-state index contributed by atoms with van der Waals surface area (Å²) >= 11 is 4.10. The van der Waals surface area contributed by atoms with E-state index >= 15 is 0 Å². The van der Waals surface area contributed by atoms with Crippen molar-refractivity contribution >= 4 is 12.6 Å². The molecule has 1 atom stereocenters. The smallest absolute Gasteiger partial charge is 0.0628 e. The summed E-state index contributed by atoms with van der Waals surface area (Å²) in [5.74, 6) is 0.610. The minimum absolute atomic E-state index is 0.186. The number of hydrogen-bond donors (Lipinski definition) is 2. The van der Waals surface area contributed by atoms with Crippen LogP contribution < -0.4 is 0 Å². The zero-order valence-electron chi connectivity index (χ0n) is 16.6. The van der Waals surface area contributed by atoms with E-state index in [1.54, 1.807) is 0 Å². The second-order valence-corrected chi connectivity index (χ2v) is 8.00. The molecule has 1 unspecified atom stereocenters. The van der Waals surface area contributed by atoms with Gasteiger partial charge in [0.15, 0.2) is 0 Å². The van der Waals surface area contributed by atoms with Gasteiger partial charge in [-0.3, -0.25) is 0 Å². The van der Waals surface area contributed by atoms with E-state index in [4.69, 9.17) is 0 Å². The van der Waals surface area contributed by atoms with Crippen LogP contribution in [0.3, 0.4) is 0 Å². The largest absolute Gasteiger partial charge is 0.392 e.